The third-order valence-electron chi connectivity index (χ3n) is 6.49. The first-order valence-electron chi connectivity index (χ1n) is 10.2. The molecule has 0 bridgehead atoms. The fourth-order valence-corrected chi connectivity index (χ4v) is 4.47. The molecule has 3 heterocycles. The molecule has 0 radical (unpaired) electrons. The second kappa shape index (κ2) is 7.22. The number of fused-ring (bicyclic) bond motifs is 1. The maximum absolute atomic E-state index is 12.8. The van der Waals surface area contributed by atoms with Crippen molar-refractivity contribution in [1.82, 2.24) is 9.47 Å². The molecule has 2 aromatic rings. The first-order valence-corrected chi connectivity index (χ1v) is 10.2. The van der Waals surface area contributed by atoms with E-state index in [1.54, 1.807) is 0 Å². The average molecular weight is 402 g/mol. The summed E-state index contributed by atoms with van der Waals surface area (Å²) in [5.74, 6) is 0.255. The molecule has 5 nitrogen and oxygen atoms in total. The van der Waals surface area contributed by atoms with E-state index in [1.165, 1.54) is 31.4 Å². The van der Waals surface area contributed by atoms with Gasteiger partial charge in [0.15, 0.2) is 0 Å². The normalized spacial score (nSPS) is 21.6. The molecule has 0 unspecified atom stereocenters. The van der Waals surface area contributed by atoms with E-state index in [4.69, 9.17) is 9.47 Å². The van der Waals surface area contributed by atoms with Crippen LogP contribution in [0.15, 0.2) is 41.3 Å². The van der Waals surface area contributed by atoms with Crippen LogP contribution in [0.4, 0.5) is 8.78 Å². The fraction of sp³-hybridized carbons (Fsp3) is 0.500. The number of ether oxygens (including phenoxy) is 2. The van der Waals surface area contributed by atoms with Crippen molar-refractivity contribution in [2.75, 3.05) is 13.1 Å². The lowest BCUT2D eigenvalue weighted by atomic mass is 9.89. The molecule has 29 heavy (non-hydrogen) atoms. The Bertz CT molecular complexity index is 963. The van der Waals surface area contributed by atoms with Crippen molar-refractivity contribution in [3.63, 3.8) is 0 Å². The summed E-state index contributed by atoms with van der Waals surface area (Å²) in [5, 5.41) is 0. The van der Waals surface area contributed by atoms with Gasteiger partial charge >= 0.3 is 6.55 Å². The summed E-state index contributed by atoms with van der Waals surface area (Å²) in [7, 11) is 0. The zero-order chi connectivity index (χ0) is 20.0. The highest BCUT2D eigenvalue weighted by molar-refractivity contribution is 5.65. The lowest BCUT2D eigenvalue weighted by Crippen LogP contribution is -2.54. The summed E-state index contributed by atoms with van der Waals surface area (Å²) >= 11 is 0. The molecule has 0 atom stereocenters. The predicted octanol–water partition coefficient (Wildman–Crippen LogP) is 4.16. The van der Waals surface area contributed by atoms with Crippen LogP contribution >= 0.6 is 0 Å². The van der Waals surface area contributed by atoms with Crippen molar-refractivity contribution in [3.05, 3.63) is 52.4 Å². The Kier molecular flexibility index (Phi) is 4.67. The quantitative estimate of drug-likeness (QED) is 0.773. The van der Waals surface area contributed by atoms with E-state index in [0.29, 0.717) is 16.7 Å². The van der Waals surface area contributed by atoms with Crippen LogP contribution in [0.2, 0.25) is 0 Å². The summed E-state index contributed by atoms with van der Waals surface area (Å²) in [5.41, 5.74) is 1.57. The Labute approximate surface area is 167 Å². The first-order chi connectivity index (χ1) is 14.0. The highest BCUT2D eigenvalue weighted by atomic mass is 19.3. The number of benzene rings is 1. The zero-order valence-electron chi connectivity index (χ0n) is 16.2. The van der Waals surface area contributed by atoms with Crippen LogP contribution < -0.4 is 10.3 Å². The molecule has 5 rings (SSSR count). The van der Waals surface area contributed by atoms with Gasteiger partial charge in [-0.2, -0.15) is 8.78 Å². The van der Waals surface area contributed by atoms with Crippen LogP contribution in [0.3, 0.4) is 0 Å². The van der Waals surface area contributed by atoms with Gasteiger partial charge in [-0.15, -0.1) is 0 Å². The monoisotopic (exact) mass is 402 g/mol. The van der Waals surface area contributed by atoms with Crippen LogP contribution in [-0.2, 0) is 11.3 Å². The molecule has 2 fully saturated rings. The minimum absolute atomic E-state index is 0.411. The van der Waals surface area contributed by atoms with Crippen molar-refractivity contribution in [2.45, 2.75) is 57.1 Å². The molecule has 1 aromatic carbocycles. The number of nitrogens with zero attached hydrogens (tertiary/aromatic N) is 2. The van der Waals surface area contributed by atoms with Crippen molar-refractivity contribution >= 4 is 0 Å². The molecule has 1 aromatic heterocycles. The van der Waals surface area contributed by atoms with Crippen LogP contribution in [0.5, 0.6) is 5.75 Å². The largest absolute Gasteiger partial charge is 0.462 e. The van der Waals surface area contributed by atoms with Gasteiger partial charge in [0.2, 0.25) is 5.79 Å². The number of rotatable bonds is 3. The number of halogens is 2. The molecule has 1 spiro atoms. The molecule has 0 amide bonds. The molecular formula is C22H24F2N2O3. The Morgan fingerprint density at radius 3 is 2.48 bits per heavy atom. The smallest absolute Gasteiger partial charge is 0.321 e. The molecule has 7 heteroatoms. The molecule has 1 saturated heterocycles. The van der Waals surface area contributed by atoms with Crippen LogP contribution in [-0.4, -0.2) is 34.4 Å². The van der Waals surface area contributed by atoms with Gasteiger partial charge < -0.3 is 9.47 Å². The third kappa shape index (κ3) is 3.46. The highest BCUT2D eigenvalue weighted by Crippen LogP contribution is 2.40. The van der Waals surface area contributed by atoms with Gasteiger partial charge in [0.05, 0.1) is 6.61 Å². The van der Waals surface area contributed by atoms with Gasteiger partial charge in [-0.1, -0.05) is 12.5 Å². The number of pyridine rings is 1. The Morgan fingerprint density at radius 1 is 1.07 bits per heavy atom. The second-order valence-corrected chi connectivity index (χ2v) is 8.18. The summed E-state index contributed by atoms with van der Waals surface area (Å²) in [6.45, 7) is -0.397. The molecule has 1 saturated carbocycles. The summed E-state index contributed by atoms with van der Waals surface area (Å²) in [6, 6.07) is 9.17. The number of hydrogen-bond acceptors (Lipinski definition) is 4. The van der Waals surface area contributed by atoms with E-state index in [2.05, 4.69) is 4.90 Å². The molecule has 154 valence electrons. The lowest BCUT2D eigenvalue weighted by Gasteiger charge is -2.47. The average Bonchev–Trinajstić information content (AvgIpc) is 2.68. The molecule has 0 N–H and O–H groups in total. The van der Waals surface area contributed by atoms with Gasteiger partial charge in [0.1, 0.15) is 5.75 Å². The number of aromatic nitrogens is 1. The lowest BCUT2D eigenvalue weighted by molar-refractivity contribution is -0.231. The number of piperidine rings is 1. The van der Waals surface area contributed by atoms with E-state index >= 15 is 0 Å². The Balaban J connectivity index is 1.32. The van der Waals surface area contributed by atoms with E-state index in [9.17, 15) is 13.6 Å². The van der Waals surface area contributed by atoms with Gasteiger partial charge in [0, 0.05) is 49.8 Å². The van der Waals surface area contributed by atoms with Crippen molar-refractivity contribution in [1.29, 1.82) is 0 Å². The summed E-state index contributed by atoms with van der Waals surface area (Å²) < 4.78 is 38.4. The third-order valence-corrected chi connectivity index (χ3v) is 6.49. The number of likely N-dealkylation sites (tertiary alicyclic amines) is 1. The highest BCUT2D eigenvalue weighted by Gasteiger charge is 2.42. The van der Waals surface area contributed by atoms with Gasteiger partial charge in [-0.05, 0) is 42.2 Å². The maximum Gasteiger partial charge on any atom is 0.321 e. The number of alkyl halides is 2. The van der Waals surface area contributed by atoms with E-state index in [-0.39, 0.29) is 0 Å². The minimum Gasteiger partial charge on any atom is -0.462 e. The Hall–Kier alpha value is -2.25. The fourth-order valence-electron chi connectivity index (χ4n) is 4.47. The molecule has 1 aliphatic carbocycles. The van der Waals surface area contributed by atoms with Crippen molar-refractivity contribution in [3.8, 4) is 16.9 Å². The van der Waals surface area contributed by atoms with E-state index < -0.39 is 17.9 Å². The second-order valence-electron chi connectivity index (χ2n) is 8.18. The molecular weight excluding hydrogens is 378 g/mol. The van der Waals surface area contributed by atoms with Crippen molar-refractivity contribution in [2.24, 2.45) is 0 Å². The van der Waals surface area contributed by atoms with Crippen molar-refractivity contribution < 1.29 is 18.3 Å². The Morgan fingerprint density at radius 2 is 1.83 bits per heavy atom. The number of hydrogen-bond donors (Lipinski definition) is 0. The topological polar surface area (TPSA) is 43.7 Å². The first kappa shape index (κ1) is 18.8. The van der Waals surface area contributed by atoms with E-state index in [0.717, 1.165) is 55.0 Å². The van der Waals surface area contributed by atoms with Crippen LogP contribution in [0.1, 0.15) is 44.2 Å². The standard InChI is InChI=1S/C22H24F2N2O3/c23-21(24)26-9-6-16(13-20(26)27)15-4-5-19-17(12-15)14-28-22(29-19)7-10-25(11-8-22)18-2-1-3-18/h4-6,9,12-13,18,21H,1-3,7-8,10-11,14H2. The van der Waals surface area contributed by atoms with Crippen LogP contribution in [0.25, 0.3) is 11.1 Å². The predicted molar refractivity (Wildman–Crippen MR) is 104 cm³/mol. The summed E-state index contributed by atoms with van der Waals surface area (Å²) in [6.07, 6.45) is 6.80. The zero-order valence-corrected chi connectivity index (χ0v) is 16.2. The van der Waals surface area contributed by atoms with Gasteiger partial charge in [-0.3, -0.25) is 14.3 Å². The maximum atomic E-state index is 12.8. The SMILES string of the molecule is O=c1cc(-c2ccc3c(c2)COC2(CCN(C4CCC4)CC2)O3)ccn1C(F)F. The van der Waals surface area contributed by atoms with Gasteiger partial charge in [-0.25, -0.2) is 0 Å². The molecule has 2 aliphatic heterocycles. The van der Waals surface area contributed by atoms with Gasteiger partial charge in [0.25, 0.3) is 5.56 Å². The van der Waals surface area contributed by atoms with Crippen LogP contribution in [0, 0.1) is 0 Å². The summed E-state index contributed by atoms with van der Waals surface area (Å²) in [4.78, 5) is 14.4. The molecule has 3 aliphatic rings. The van der Waals surface area contributed by atoms with E-state index in [1.807, 2.05) is 18.2 Å². The minimum atomic E-state index is -2.84.